The van der Waals surface area contributed by atoms with Crippen molar-refractivity contribution < 1.29 is 0 Å². The minimum absolute atomic E-state index is 0. The van der Waals surface area contributed by atoms with E-state index in [-0.39, 0.29) is 23.9 Å². The van der Waals surface area contributed by atoms with Crippen LogP contribution in [0, 0.1) is 5.41 Å². The second-order valence-corrected chi connectivity index (χ2v) is 7.16. The Labute approximate surface area is 148 Å². The molecule has 0 saturated carbocycles. The van der Waals surface area contributed by atoms with Gasteiger partial charge in [-0.2, -0.15) is 0 Å². The second-order valence-electron chi connectivity index (χ2n) is 6.73. The number of aromatic nitrogens is 3. The molecule has 1 aliphatic rings. The number of nitrogens with zero attached hydrogens (tertiary/aromatic N) is 4. The summed E-state index contributed by atoms with van der Waals surface area (Å²) in [5, 5.41) is 9.21. The summed E-state index contributed by atoms with van der Waals surface area (Å²) in [5.74, 6) is 0. The Morgan fingerprint density at radius 2 is 2.00 bits per heavy atom. The van der Waals surface area contributed by atoms with Crippen LogP contribution in [0.5, 0.6) is 0 Å². The van der Waals surface area contributed by atoms with Gasteiger partial charge in [0.15, 0.2) is 0 Å². The molecule has 1 saturated heterocycles. The van der Waals surface area contributed by atoms with Crippen LogP contribution in [0.3, 0.4) is 0 Å². The van der Waals surface area contributed by atoms with Crippen molar-refractivity contribution in [2.75, 3.05) is 13.1 Å². The number of likely N-dealkylation sites (tertiary alicyclic amines) is 1. The molecule has 1 aromatic carbocycles. The fourth-order valence-electron chi connectivity index (χ4n) is 2.94. The standard InChI is InChI=1S/C16H22ClN5.ClH/c1-16(2)11-21(8-7-15(16)18)9-13-10-22(20-19-13)14-5-3-12(17)4-6-14;/h3-6,10,15H,7-9,11,18H2,1-2H3;1H. The number of halogens is 2. The lowest BCUT2D eigenvalue weighted by atomic mass is 9.80. The monoisotopic (exact) mass is 355 g/mol. The number of nitrogens with two attached hydrogens (primary N) is 1. The van der Waals surface area contributed by atoms with Gasteiger partial charge in [-0.3, -0.25) is 4.90 Å². The van der Waals surface area contributed by atoms with E-state index in [9.17, 15) is 0 Å². The van der Waals surface area contributed by atoms with Gasteiger partial charge in [0.1, 0.15) is 0 Å². The third kappa shape index (κ3) is 4.23. The lowest BCUT2D eigenvalue weighted by Gasteiger charge is -2.42. The highest BCUT2D eigenvalue weighted by atomic mass is 35.5. The Morgan fingerprint density at radius 1 is 1.30 bits per heavy atom. The maximum absolute atomic E-state index is 6.19. The van der Waals surface area contributed by atoms with Crippen molar-refractivity contribution in [3.05, 3.63) is 41.2 Å². The molecule has 5 nitrogen and oxygen atoms in total. The van der Waals surface area contributed by atoms with E-state index in [4.69, 9.17) is 17.3 Å². The highest BCUT2D eigenvalue weighted by Gasteiger charge is 2.33. The zero-order valence-corrected chi connectivity index (χ0v) is 15.0. The Kier molecular flexibility index (Phi) is 5.68. The first-order valence-corrected chi connectivity index (χ1v) is 7.97. The third-order valence-electron chi connectivity index (χ3n) is 4.41. The van der Waals surface area contributed by atoms with Gasteiger partial charge in [0, 0.05) is 30.7 Å². The summed E-state index contributed by atoms with van der Waals surface area (Å²) in [6.45, 7) is 7.27. The molecule has 1 unspecified atom stereocenters. The summed E-state index contributed by atoms with van der Waals surface area (Å²) in [4.78, 5) is 2.40. The van der Waals surface area contributed by atoms with Gasteiger partial charge in [0.05, 0.1) is 17.6 Å². The van der Waals surface area contributed by atoms with Crippen molar-refractivity contribution in [2.45, 2.75) is 32.9 Å². The second kappa shape index (κ2) is 7.18. The number of benzene rings is 1. The first-order chi connectivity index (χ1) is 10.4. The molecule has 2 N–H and O–H groups in total. The molecule has 1 aliphatic heterocycles. The van der Waals surface area contributed by atoms with Crippen molar-refractivity contribution in [1.29, 1.82) is 0 Å². The summed E-state index contributed by atoms with van der Waals surface area (Å²) in [6, 6.07) is 7.85. The fourth-order valence-corrected chi connectivity index (χ4v) is 3.07. The molecule has 0 aliphatic carbocycles. The average Bonchev–Trinajstić information content (AvgIpc) is 2.92. The SMILES string of the molecule is CC1(C)CN(Cc2cn(-c3ccc(Cl)cc3)nn2)CCC1N.Cl. The van der Waals surface area contributed by atoms with Crippen molar-refractivity contribution in [2.24, 2.45) is 11.1 Å². The summed E-state index contributed by atoms with van der Waals surface area (Å²) in [6.07, 6.45) is 3.00. The number of piperidine rings is 1. The Balaban J connectivity index is 0.00000192. The van der Waals surface area contributed by atoms with Gasteiger partial charge in [-0.05, 0) is 36.1 Å². The van der Waals surface area contributed by atoms with E-state index in [2.05, 4.69) is 29.1 Å². The predicted octanol–water partition coefficient (Wildman–Crippen LogP) is 2.90. The van der Waals surface area contributed by atoms with Crippen LogP contribution in [0.15, 0.2) is 30.5 Å². The molecule has 0 radical (unpaired) electrons. The van der Waals surface area contributed by atoms with Crippen LogP contribution in [0.2, 0.25) is 5.02 Å². The average molecular weight is 356 g/mol. The lowest BCUT2D eigenvalue weighted by molar-refractivity contribution is 0.0889. The summed E-state index contributed by atoms with van der Waals surface area (Å²) < 4.78 is 1.78. The molecule has 1 fully saturated rings. The van der Waals surface area contributed by atoms with Gasteiger partial charge in [0.2, 0.25) is 0 Å². The van der Waals surface area contributed by atoms with E-state index in [1.165, 1.54) is 0 Å². The lowest BCUT2D eigenvalue weighted by Crippen LogP contribution is -2.52. The van der Waals surface area contributed by atoms with Crippen LogP contribution in [-0.2, 0) is 6.54 Å². The number of hydrogen-bond donors (Lipinski definition) is 1. The quantitative estimate of drug-likeness (QED) is 0.919. The minimum atomic E-state index is 0. The molecular weight excluding hydrogens is 333 g/mol. The van der Waals surface area contributed by atoms with Crippen molar-refractivity contribution in [1.82, 2.24) is 19.9 Å². The highest BCUT2D eigenvalue weighted by Crippen LogP contribution is 2.28. The van der Waals surface area contributed by atoms with Gasteiger partial charge >= 0.3 is 0 Å². The van der Waals surface area contributed by atoms with E-state index in [1.54, 1.807) is 4.68 Å². The predicted molar refractivity (Wildman–Crippen MR) is 95.3 cm³/mol. The van der Waals surface area contributed by atoms with Crippen LogP contribution < -0.4 is 5.73 Å². The molecule has 0 spiro atoms. The molecule has 2 heterocycles. The summed E-state index contributed by atoms with van der Waals surface area (Å²) >= 11 is 5.91. The number of rotatable bonds is 3. The van der Waals surface area contributed by atoms with Gasteiger partial charge in [-0.25, -0.2) is 4.68 Å². The highest BCUT2D eigenvalue weighted by molar-refractivity contribution is 6.30. The van der Waals surface area contributed by atoms with E-state index in [1.807, 2.05) is 30.5 Å². The molecule has 2 aromatic rings. The zero-order chi connectivity index (χ0) is 15.7. The van der Waals surface area contributed by atoms with Gasteiger partial charge < -0.3 is 5.73 Å². The maximum Gasteiger partial charge on any atom is 0.0971 e. The van der Waals surface area contributed by atoms with Crippen molar-refractivity contribution in [3.8, 4) is 5.69 Å². The zero-order valence-electron chi connectivity index (χ0n) is 13.4. The molecule has 1 atom stereocenters. The molecule has 0 bridgehead atoms. The largest absolute Gasteiger partial charge is 0.327 e. The van der Waals surface area contributed by atoms with Crippen LogP contribution in [-0.4, -0.2) is 39.0 Å². The summed E-state index contributed by atoms with van der Waals surface area (Å²) in [7, 11) is 0. The van der Waals surface area contributed by atoms with Crippen molar-refractivity contribution >= 4 is 24.0 Å². The Bertz CT molecular complexity index is 638. The maximum atomic E-state index is 6.19. The van der Waals surface area contributed by atoms with Crippen LogP contribution in [0.1, 0.15) is 26.0 Å². The smallest absolute Gasteiger partial charge is 0.0971 e. The van der Waals surface area contributed by atoms with E-state index in [0.717, 1.165) is 42.5 Å². The first kappa shape index (κ1) is 18.2. The van der Waals surface area contributed by atoms with Crippen LogP contribution >= 0.6 is 24.0 Å². The minimum Gasteiger partial charge on any atom is -0.327 e. The van der Waals surface area contributed by atoms with Gasteiger partial charge in [-0.15, -0.1) is 17.5 Å². The van der Waals surface area contributed by atoms with E-state index in [0.29, 0.717) is 0 Å². The van der Waals surface area contributed by atoms with Crippen LogP contribution in [0.4, 0.5) is 0 Å². The third-order valence-corrected chi connectivity index (χ3v) is 4.66. The van der Waals surface area contributed by atoms with E-state index >= 15 is 0 Å². The first-order valence-electron chi connectivity index (χ1n) is 7.59. The Morgan fingerprint density at radius 3 is 2.65 bits per heavy atom. The Hall–Kier alpha value is -1.14. The normalized spacial score (nSPS) is 21.0. The summed E-state index contributed by atoms with van der Waals surface area (Å²) in [5.41, 5.74) is 8.27. The molecule has 3 rings (SSSR count). The van der Waals surface area contributed by atoms with E-state index < -0.39 is 0 Å². The molecule has 1 aromatic heterocycles. The molecule has 7 heteroatoms. The van der Waals surface area contributed by atoms with Gasteiger partial charge in [0.25, 0.3) is 0 Å². The topological polar surface area (TPSA) is 60.0 Å². The number of hydrogen-bond acceptors (Lipinski definition) is 4. The molecule has 23 heavy (non-hydrogen) atoms. The fraction of sp³-hybridized carbons (Fsp3) is 0.500. The molecule has 126 valence electrons. The van der Waals surface area contributed by atoms with Gasteiger partial charge in [-0.1, -0.05) is 30.7 Å². The molecular formula is C16H23Cl2N5. The van der Waals surface area contributed by atoms with Crippen LogP contribution in [0.25, 0.3) is 5.69 Å². The van der Waals surface area contributed by atoms with Crippen molar-refractivity contribution in [3.63, 3.8) is 0 Å². The molecule has 0 amide bonds.